The second-order valence-electron chi connectivity index (χ2n) is 7.86. The van der Waals surface area contributed by atoms with Crippen LogP contribution in [-0.4, -0.2) is 36.4 Å². The molecule has 2 aromatic carbocycles. The second kappa shape index (κ2) is 10.2. The lowest BCUT2D eigenvalue weighted by Crippen LogP contribution is -2.28. The molecule has 1 aromatic heterocycles. The third kappa shape index (κ3) is 5.37. The van der Waals surface area contributed by atoms with Crippen molar-refractivity contribution in [2.75, 3.05) is 23.9 Å². The Labute approximate surface area is 205 Å². The van der Waals surface area contributed by atoms with Gasteiger partial charge in [0.05, 0.1) is 24.4 Å². The van der Waals surface area contributed by atoms with Crippen molar-refractivity contribution in [1.82, 2.24) is 10.3 Å². The van der Waals surface area contributed by atoms with Gasteiger partial charge in [-0.1, -0.05) is 35.9 Å². The molecular formula is C24H23ClN4O4S. The monoisotopic (exact) mass is 498 g/mol. The maximum Gasteiger partial charge on any atom is 0.231 e. The van der Waals surface area contributed by atoms with Crippen LogP contribution >= 0.6 is 22.9 Å². The molecular weight excluding hydrogens is 476 g/mol. The minimum Gasteiger partial charge on any atom is -0.495 e. The standard InChI is InChI=1S/C24H23ClN4O4S/c1-14(30)26-11-15-3-5-16(6-4-15)19-13-34-24(27-19)28-23(32)17-9-22(31)29(12-17)20-10-18(25)7-8-21(20)33-2/h3-8,10,13,17H,9,11-12H2,1-2H3,(H,26,30)(H,27,28,32). The van der Waals surface area contributed by atoms with Crippen LogP contribution in [0.3, 0.4) is 0 Å². The van der Waals surface area contributed by atoms with Crippen molar-refractivity contribution in [3.63, 3.8) is 0 Å². The molecule has 1 aliphatic rings. The van der Waals surface area contributed by atoms with Gasteiger partial charge in [-0.2, -0.15) is 0 Å². The summed E-state index contributed by atoms with van der Waals surface area (Å²) in [5.74, 6) is -0.505. The molecule has 0 spiro atoms. The Morgan fingerprint density at radius 3 is 2.71 bits per heavy atom. The van der Waals surface area contributed by atoms with Crippen molar-refractivity contribution in [2.24, 2.45) is 5.92 Å². The van der Waals surface area contributed by atoms with E-state index in [0.29, 0.717) is 28.1 Å². The van der Waals surface area contributed by atoms with E-state index in [1.807, 2.05) is 29.6 Å². The van der Waals surface area contributed by atoms with Gasteiger partial charge in [0.1, 0.15) is 5.75 Å². The number of nitrogens with zero attached hydrogens (tertiary/aromatic N) is 2. The number of halogens is 1. The number of ether oxygens (including phenoxy) is 1. The zero-order valence-electron chi connectivity index (χ0n) is 18.6. The Hall–Kier alpha value is -3.43. The molecule has 2 N–H and O–H groups in total. The quantitative estimate of drug-likeness (QED) is 0.510. The molecule has 1 unspecified atom stereocenters. The molecule has 2 heterocycles. The first-order valence-corrected chi connectivity index (χ1v) is 11.8. The number of thiazole rings is 1. The van der Waals surface area contributed by atoms with Gasteiger partial charge in [-0.05, 0) is 23.8 Å². The fourth-order valence-corrected chi connectivity index (χ4v) is 4.57. The number of benzene rings is 2. The average Bonchev–Trinajstić information content (AvgIpc) is 3.44. The van der Waals surface area contributed by atoms with E-state index in [2.05, 4.69) is 15.6 Å². The lowest BCUT2D eigenvalue weighted by Gasteiger charge is -2.19. The van der Waals surface area contributed by atoms with Crippen LogP contribution in [0.15, 0.2) is 47.8 Å². The average molecular weight is 499 g/mol. The number of hydrogen-bond acceptors (Lipinski definition) is 6. The summed E-state index contributed by atoms with van der Waals surface area (Å²) in [5.41, 5.74) is 3.17. The Balaban J connectivity index is 1.40. The van der Waals surface area contributed by atoms with Crippen molar-refractivity contribution in [3.05, 3.63) is 58.4 Å². The van der Waals surface area contributed by atoms with Gasteiger partial charge in [-0.3, -0.25) is 14.4 Å². The SMILES string of the molecule is COc1ccc(Cl)cc1N1CC(C(=O)Nc2nc(-c3ccc(CNC(C)=O)cc3)cs2)CC1=O. The molecule has 1 aliphatic heterocycles. The number of carbonyl (C=O) groups excluding carboxylic acids is 3. The number of nitrogens with one attached hydrogen (secondary N) is 2. The molecule has 1 saturated heterocycles. The third-order valence-electron chi connectivity index (χ3n) is 5.45. The van der Waals surface area contributed by atoms with E-state index in [1.165, 1.54) is 30.3 Å². The van der Waals surface area contributed by atoms with Crippen molar-refractivity contribution in [3.8, 4) is 17.0 Å². The highest BCUT2D eigenvalue weighted by atomic mass is 35.5. The molecule has 4 rings (SSSR count). The number of anilines is 2. The minimum absolute atomic E-state index is 0.0808. The van der Waals surface area contributed by atoms with E-state index >= 15 is 0 Å². The van der Waals surface area contributed by atoms with E-state index in [-0.39, 0.29) is 30.7 Å². The molecule has 1 atom stereocenters. The van der Waals surface area contributed by atoms with E-state index < -0.39 is 5.92 Å². The van der Waals surface area contributed by atoms with Crippen molar-refractivity contribution >= 4 is 51.5 Å². The van der Waals surface area contributed by atoms with Gasteiger partial charge in [0, 0.05) is 42.4 Å². The predicted octanol–water partition coefficient (Wildman–Crippen LogP) is 4.10. The highest BCUT2D eigenvalue weighted by Crippen LogP contribution is 2.35. The largest absolute Gasteiger partial charge is 0.495 e. The third-order valence-corrected chi connectivity index (χ3v) is 6.45. The maximum atomic E-state index is 12.9. The highest BCUT2D eigenvalue weighted by Gasteiger charge is 2.36. The number of amides is 3. The number of carbonyl (C=O) groups is 3. The summed E-state index contributed by atoms with van der Waals surface area (Å²) in [4.78, 5) is 42.6. The summed E-state index contributed by atoms with van der Waals surface area (Å²) in [7, 11) is 1.52. The first-order chi connectivity index (χ1) is 16.3. The van der Waals surface area contributed by atoms with Gasteiger partial charge in [-0.15, -0.1) is 11.3 Å². The van der Waals surface area contributed by atoms with Gasteiger partial charge in [0.2, 0.25) is 17.7 Å². The zero-order valence-corrected chi connectivity index (χ0v) is 20.2. The fraction of sp³-hybridized carbons (Fsp3) is 0.250. The van der Waals surface area contributed by atoms with Crippen LogP contribution in [0.4, 0.5) is 10.8 Å². The lowest BCUT2D eigenvalue weighted by atomic mass is 10.1. The molecule has 0 bridgehead atoms. The van der Waals surface area contributed by atoms with Gasteiger partial charge in [0.25, 0.3) is 0 Å². The van der Waals surface area contributed by atoms with Crippen molar-refractivity contribution in [1.29, 1.82) is 0 Å². The van der Waals surface area contributed by atoms with Crippen LogP contribution < -0.4 is 20.3 Å². The Bertz CT molecular complexity index is 1230. The summed E-state index contributed by atoms with van der Waals surface area (Å²) >= 11 is 7.42. The predicted molar refractivity (Wildman–Crippen MR) is 132 cm³/mol. The summed E-state index contributed by atoms with van der Waals surface area (Å²) in [6.45, 7) is 2.17. The van der Waals surface area contributed by atoms with Crippen molar-refractivity contribution in [2.45, 2.75) is 19.9 Å². The van der Waals surface area contributed by atoms with E-state index in [9.17, 15) is 14.4 Å². The number of aromatic nitrogens is 1. The van der Waals surface area contributed by atoms with Gasteiger partial charge in [0.15, 0.2) is 5.13 Å². The van der Waals surface area contributed by atoms with Crippen LogP contribution in [0.5, 0.6) is 5.75 Å². The zero-order chi connectivity index (χ0) is 24.2. The summed E-state index contributed by atoms with van der Waals surface area (Å²) in [5, 5.41) is 8.40. The molecule has 176 valence electrons. The van der Waals surface area contributed by atoms with Gasteiger partial charge < -0.3 is 20.3 Å². The van der Waals surface area contributed by atoms with Gasteiger partial charge >= 0.3 is 0 Å². The van der Waals surface area contributed by atoms with Crippen LogP contribution in [0, 0.1) is 5.92 Å². The lowest BCUT2D eigenvalue weighted by molar-refractivity contribution is -0.122. The maximum absolute atomic E-state index is 12.9. The Morgan fingerprint density at radius 1 is 1.24 bits per heavy atom. The topological polar surface area (TPSA) is 101 Å². The molecule has 3 aromatic rings. The molecule has 0 saturated carbocycles. The number of methoxy groups -OCH3 is 1. The van der Waals surface area contributed by atoms with Crippen LogP contribution in [-0.2, 0) is 20.9 Å². The smallest absolute Gasteiger partial charge is 0.231 e. The molecule has 0 radical (unpaired) electrons. The molecule has 0 aliphatic carbocycles. The van der Waals surface area contributed by atoms with E-state index in [4.69, 9.17) is 16.3 Å². The normalized spacial score (nSPS) is 15.3. The van der Waals surface area contributed by atoms with Crippen molar-refractivity contribution < 1.29 is 19.1 Å². The number of rotatable bonds is 7. The number of hydrogen-bond donors (Lipinski definition) is 2. The Morgan fingerprint density at radius 2 is 2.00 bits per heavy atom. The minimum atomic E-state index is -0.517. The van der Waals surface area contributed by atoms with Gasteiger partial charge in [-0.25, -0.2) is 4.98 Å². The van der Waals surface area contributed by atoms with Crippen LogP contribution in [0.2, 0.25) is 5.02 Å². The Kier molecular flexibility index (Phi) is 7.14. The van der Waals surface area contributed by atoms with Crippen LogP contribution in [0.25, 0.3) is 11.3 Å². The second-order valence-corrected chi connectivity index (χ2v) is 9.15. The first kappa shape index (κ1) is 23.7. The summed E-state index contributed by atoms with van der Waals surface area (Å²) < 4.78 is 5.35. The van der Waals surface area contributed by atoms with Crippen LogP contribution in [0.1, 0.15) is 18.9 Å². The van der Waals surface area contributed by atoms with E-state index in [1.54, 1.807) is 18.2 Å². The highest BCUT2D eigenvalue weighted by molar-refractivity contribution is 7.14. The van der Waals surface area contributed by atoms with E-state index in [0.717, 1.165) is 16.8 Å². The molecule has 10 heteroatoms. The fourth-order valence-electron chi connectivity index (χ4n) is 3.68. The summed E-state index contributed by atoms with van der Waals surface area (Å²) in [6, 6.07) is 12.7. The molecule has 3 amide bonds. The molecule has 1 fully saturated rings. The molecule has 8 nitrogen and oxygen atoms in total. The molecule has 34 heavy (non-hydrogen) atoms. The summed E-state index contributed by atoms with van der Waals surface area (Å²) in [6.07, 6.45) is 0.0928. The first-order valence-electron chi connectivity index (χ1n) is 10.6.